The van der Waals surface area contributed by atoms with Gasteiger partial charge in [0.2, 0.25) is 0 Å². The fourth-order valence-corrected chi connectivity index (χ4v) is 2.53. The minimum Gasteiger partial charge on any atom is -0.495 e. The van der Waals surface area contributed by atoms with E-state index in [1.807, 2.05) is 17.8 Å². The summed E-state index contributed by atoms with van der Waals surface area (Å²) in [5.41, 5.74) is 1.57. The van der Waals surface area contributed by atoms with Crippen LogP contribution in [0.4, 0.5) is 5.69 Å². The molecule has 5 nitrogen and oxygen atoms in total. The average Bonchev–Trinajstić information content (AvgIpc) is 2.82. The van der Waals surface area contributed by atoms with Crippen molar-refractivity contribution in [2.75, 3.05) is 19.0 Å². The van der Waals surface area contributed by atoms with E-state index in [4.69, 9.17) is 40.2 Å². The third kappa shape index (κ3) is 5.27. The maximum atomic E-state index is 5.99. The third-order valence-electron chi connectivity index (χ3n) is 3.15. The van der Waals surface area contributed by atoms with E-state index < -0.39 is 0 Å². The highest BCUT2D eigenvalue weighted by Crippen LogP contribution is 2.27. The fraction of sp³-hybridized carbons (Fsp3) is 0.333. The molecule has 8 heteroatoms. The molecule has 2 N–H and O–H groups in total. The minimum atomic E-state index is 0.514. The summed E-state index contributed by atoms with van der Waals surface area (Å²) in [7, 11) is 1.60. The molecule has 0 saturated carbocycles. The van der Waals surface area contributed by atoms with Crippen LogP contribution < -0.4 is 15.4 Å². The molecule has 2 aromatic rings. The molecular weight excluding hydrogens is 355 g/mol. The van der Waals surface area contributed by atoms with Crippen LogP contribution in [0.2, 0.25) is 10.0 Å². The van der Waals surface area contributed by atoms with E-state index in [1.165, 1.54) is 0 Å². The molecule has 0 amide bonds. The zero-order valence-electron chi connectivity index (χ0n) is 12.9. The molecular formula is C15H18Cl2N4OS. The van der Waals surface area contributed by atoms with Crippen LogP contribution in [0, 0.1) is 6.92 Å². The molecule has 0 bridgehead atoms. The predicted molar refractivity (Wildman–Crippen MR) is 98.8 cm³/mol. The van der Waals surface area contributed by atoms with Crippen LogP contribution in [0.3, 0.4) is 0 Å². The fourth-order valence-electron chi connectivity index (χ4n) is 2.00. The zero-order valence-corrected chi connectivity index (χ0v) is 15.2. The molecule has 0 spiro atoms. The number of aromatic nitrogens is 2. The van der Waals surface area contributed by atoms with Gasteiger partial charge in [-0.25, -0.2) is 0 Å². The molecule has 1 heterocycles. The molecule has 0 aliphatic carbocycles. The topological polar surface area (TPSA) is 51.1 Å². The molecule has 0 aliphatic rings. The van der Waals surface area contributed by atoms with Crippen molar-refractivity contribution in [3.8, 4) is 5.75 Å². The van der Waals surface area contributed by atoms with Crippen molar-refractivity contribution in [1.82, 2.24) is 15.1 Å². The Morgan fingerprint density at radius 2 is 2.17 bits per heavy atom. The standard InChI is InChI=1S/C15H18Cl2N4OS/c1-10-12(17)9-21(20-10)7-3-6-18-15(23)19-13-8-11(16)4-5-14(13)22-2/h4-5,8-9H,3,6-7H2,1-2H3,(H2,18,19,23). The van der Waals surface area contributed by atoms with Crippen LogP contribution in [0.1, 0.15) is 12.1 Å². The maximum Gasteiger partial charge on any atom is 0.170 e. The molecule has 23 heavy (non-hydrogen) atoms. The molecule has 0 radical (unpaired) electrons. The summed E-state index contributed by atoms with van der Waals surface area (Å²) in [6.07, 6.45) is 2.69. The zero-order chi connectivity index (χ0) is 16.8. The molecule has 0 unspecified atom stereocenters. The normalized spacial score (nSPS) is 10.4. The minimum absolute atomic E-state index is 0.514. The van der Waals surface area contributed by atoms with Crippen LogP contribution >= 0.6 is 35.4 Å². The van der Waals surface area contributed by atoms with Crippen molar-refractivity contribution < 1.29 is 4.74 Å². The monoisotopic (exact) mass is 372 g/mol. The first-order valence-corrected chi connectivity index (χ1v) is 8.24. The lowest BCUT2D eigenvalue weighted by Crippen LogP contribution is -2.30. The number of nitrogens with one attached hydrogen (secondary N) is 2. The molecule has 1 aromatic carbocycles. The lowest BCUT2D eigenvalue weighted by molar-refractivity contribution is 0.417. The summed E-state index contributed by atoms with van der Waals surface area (Å²) < 4.78 is 7.09. The molecule has 0 atom stereocenters. The van der Waals surface area contributed by atoms with Gasteiger partial charge < -0.3 is 15.4 Å². The van der Waals surface area contributed by atoms with E-state index in [0.29, 0.717) is 27.5 Å². The summed E-state index contributed by atoms with van der Waals surface area (Å²) in [6, 6.07) is 5.32. The van der Waals surface area contributed by atoms with Gasteiger partial charge in [0.1, 0.15) is 5.75 Å². The second-order valence-electron chi connectivity index (χ2n) is 4.90. The first kappa shape index (κ1) is 17.8. The maximum absolute atomic E-state index is 5.99. The van der Waals surface area contributed by atoms with Crippen LogP contribution in [0.5, 0.6) is 5.75 Å². The molecule has 1 aromatic heterocycles. The molecule has 2 rings (SSSR count). The van der Waals surface area contributed by atoms with E-state index in [9.17, 15) is 0 Å². The van der Waals surface area contributed by atoms with Gasteiger partial charge in [0.25, 0.3) is 0 Å². The van der Waals surface area contributed by atoms with E-state index in [2.05, 4.69) is 15.7 Å². The Hall–Kier alpha value is -1.50. The van der Waals surface area contributed by atoms with Gasteiger partial charge in [-0.2, -0.15) is 5.10 Å². The Morgan fingerprint density at radius 1 is 1.39 bits per heavy atom. The van der Waals surface area contributed by atoms with Crippen molar-refractivity contribution in [1.29, 1.82) is 0 Å². The van der Waals surface area contributed by atoms with Crippen molar-refractivity contribution in [2.24, 2.45) is 0 Å². The Bertz CT molecular complexity index is 671. The molecule has 124 valence electrons. The predicted octanol–water partition coefficient (Wildman–Crippen LogP) is 3.88. The highest BCUT2D eigenvalue weighted by molar-refractivity contribution is 7.80. The second kappa shape index (κ2) is 8.38. The van der Waals surface area contributed by atoms with Gasteiger partial charge in [-0.15, -0.1) is 0 Å². The van der Waals surface area contributed by atoms with Crippen LogP contribution in [0.25, 0.3) is 0 Å². The SMILES string of the molecule is COc1ccc(Cl)cc1NC(=S)NCCCn1cc(Cl)c(C)n1. The van der Waals surface area contributed by atoms with Crippen molar-refractivity contribution in [3.63, 3.8) is 0 Å². The van der Waals surface area contributed by atoms with Gasteiger partial charge in [-0.3, -0.25) is 4.68 Å². The number of benzene rings is 1. The van der Waals surface area contributed by atoms with Crippen molar-refractivity contribution >= 4 is 46.2 Å². The van der Waals surface area contributed by atoms with E-state index >= 15 is 0 Å². The summed E-state index contributed by atoms with van der Waals surface area (Å²) in [5, 5.41) is 12.3. The number of methoxy groups -OCH3 is 1. The van der Waals surface area contributed by atoms with E-state index in [-0.39, 0.29) is 0 Å². The summed E-state index contributed by atoms with van der Waals surface area (Å²) in [6.45, 7) is 3.36. The highest BCUT2D eigenvalue weighted by atomic mass is 35.5. The summed E-state index contributed by atoms with van der Waals surface area (Å²) in [4.78, 5) is 0. The number of anilines is 1. The lowest BCUT2D eigenvalue weighted by atomic mass is 10.3. The average molecular weight is 373 g/mol. The smallest absolute Gasteiger partial charge is 0.170 e. The Morgan fingerprint density at radius 3 is 2.83 bits per heavy atom. The van der Waals surface area contributed by atoms with Crippen LogP contribution in [-0.4, -0.2) is 28.5 Å². The van der Waals surface area contributed by atoms with Gasteiger partial charge in [0.15, 0.2) is 5.11 Å². The quantitative estimate of drug-likeness (QED) is 0.595. The van der Waals surface area contributed by atoms with Gasteiger partial charge in [-0.1, -0.05) is 23.2 Å². The Kier molecular flexibility index (Phi) is 6.50. The number of halogens is 2. The molecule has 0 aliphatic heterocycles. The third-order valence-corrected chi connectivity index (χ3v) is 4.00. The first-order chi connectivity index (χ1) is 11.0. The number of hydrogen-bond donors (Lipinski definition) is 2. The first-order valence-electron chi connectivity index (χ1n) is 7.07. The largest absolute Gasteiger partial charge is 0.495 e. The van der Waals surface area contributed by atoms with E-state index in [0.717, 1.165) is 24.3 Å². The summed E-state index contributed by atoms with van der Waals surface area (Å²) >= 11 is 17.2. The van der Waals surface area contributed by atoms with Gasteiger partial charge in [0, 0.05) is 24.3 Å². The Labute approximate surface area is 150 Å². The lowest BCUT2D eigenvalue weighted by Gasteiger charge is -2.13. The van der Waals surface area contributed by atoms with Crippen LogP contribution in [0.15, 0.2) is 24.4 Å². The van der Waals surface area contributed by atoms with Crippen LogP contribution in [-0.2, 0) is 6.54 Å². The summed E-state index contributed by atoms with van der Waals surface area (Å²) in [5.74, 6) is 0.681. The Balaban J connectivity index is 1.78. The molecule has 0 saturated heterocycles. The number of hydrogen-bond acceptors (Lipinski definition) is 3. The van der Waals surface area contributed by atoms with E-state index in [1.54, 1.807) is 25.3 Å². The second-order valence-corrected chi connectivity index (χ2v) is 6.16. The highest BCUT2D eigenvalue weighted by Gasteiger charge is 2.06. The number of aryl methyl sites for hydroxylation is 2. The van der Waals surface area contributed by atoms with Gasteiger partial charge in [0.05, 0.1) is 23.5 Å². The number of ether oxygens (including phenoxy) is 1. The van der Waals surface area contributed by atoms with Crippen molar-refractivity contribution in [2.45, 2.75) is 19.9 Å². The number of thiocarbonyl (C=S) groups is 1. The number of nitrogens with zero attached hydrogens (tertiary/aromatic N) is 2. The number of rotatable bonds is 6. The molecule has 0 fully saturated rings. The van der Waals surface area contributed by atoms with Gasteiger partial charge >= 0.3 is 0 Å². The van der Waals surface area contributed by atoms with Gasteiger partial charge in [-0.05, 0) is 43.8 Å². The van der Waals surface area contributed by atoms with Crippen molar-refractivity contribution in [3.05, 3.63) is 40.1 Å².